The van der Waals surface area contributed by atoms with Gasteiger partial charge < -0.3 is 15.4 Å². The quantitative estimate of drug-likeness (QED) is 0.901. The molecule has 1 aromatic heterocycles. The average Bonchev–Trinajstić information content (AvgIpc) is 2.37. The van der Waals surface area contributed by atoms with Crippen LogP contribution in [0.3, 0.4) is 0 Å². The lowest BCUT2D eigenvalue weighted by atomic mass is 9.96. The smallest absolute Gasteiger partial charge is 0.384 e. The minimum Gasteiger partial charge on any atom is -0.384 e. The Kier molecular flexibility index (Phi) is 4.03. The third kappa shape index (κ3) is 3.12. The van der Waals surface area contributed by atoms with Crippen LogP contribution in [-0.2, 0) is 10.9 Å². The van der Waals surface area contributed by atoms with Crippen molar-refractivity contribution in [1.29, 1.82) is 0 Å². The molecule has 2 N–H and O–H groups in total. The number of anilines is 2. The Morgan fingerprint density at radius 3 is 2.70 bits per heavy atom. The predicted octanol–water partition coefficient (Wildman–Crippen LogP) is 1.94. The van der Waals surface area contributed by atoms with Crippen LogP contribution in [0.25, 0.3) is 0 Å². The fourth-order valence-electron chi connectivity index (χ4n) is 2.29. The molecule has 1 aromatic rings. The van der Waals surface area contributed by atoms with Crippen LogP contribution in [0.1, 0.15) is 19.2 Å². The van der Waals surface area contributed by atoms with Crippen LogP contribution in [0.5, 0.6) is 0 Å². The first-order valence-electron chi connectivity index (χ1n) is 6.30. The second-order valence-electron chi connectivity index (χ2n) is 4.96. The lowest BCUT2D eigenvalue weighted by molar-refractivity contribution is -0.144. The van der Waals surface area contributed by atoms with Crippen molar-refractivity contribution in [3.63, 3.8) is 0 Å². The molecule has 8 heteroatoms. The standard InChI is InChI=1S/C12H17F3N4O/c1-7-3-4-19(6-8(7)20-2)10-5-9(16)17-11(18-10)12(13,14)15/h5,7-8H,3-4,6H2,1-2H3,(H2,16,17,18). The molecular formula is C12H17F3N4O. The summed E-state index contributed by atoms with van der Waals surface area (Å²) in [6.07, 6.45) is -3.81. The Balaban J connectivity index is 2.27. The number of halogens is 3. The fourth-order valence-corrected chi connectivity index (χ4v) is 2.29. The van der Waals surface area contributed by atoms with E-state index in [0.29, 0.717) is 19.0 Å². The van der Waals surface area contributed by atoms with Gasteiger partial charge in [0.2, 0.25) is 5.82 Å². The van der Waals surface area contributed by atoms with E-state index in [1.807, 2.05) is 0 Å². The molecule has 0 amide bonds. The van der Waals surface area contributed by atoms with Gasteiger partial charge in [-0.15, -0.1) is 0 Å². The molecule has 2 atom stereocenters. The van der Waals surface area contributed by atoms with Gasteiger partial charge in [-0.2, -0.15) is 13.2 Å². The monoisotopic (exact) mass is 290 g/mol. The van der Waals surface area contributed by atoms with E-state index < -0.39 is 12.0 Å². The molecule has 0 radical (unpaired) electrons. The first kappa shape index (κ1) is 14.8. The number of hydrogen-bond donors (Lipinski definition) is 1. The Hall–Kier alpha value is -1.57. The number of nitrogens with two attached hydrogens (primary N) is 1. The molecule has 0 saturated carbocycles. The summed E-state index contributed by atoms with van der Waals surface area (Å²) in [5, 5.41) is 0. The van der Waals surface area contributed by atoms with Gasteiger partial charge in [0, 0.05) is 26.3 Å². The van der Waals surface area contributed by atoms with Crippen molar-refractivity contribution in [3.8, 4) is 0 Å². The summed E-state index contributed by atoms with van der Waals surface area (Å²) >= 11 is 0. The molecule has 2 rings (SSSR count). The van der Waals surface area contributed by atoms with E-state index in [2.05, 4.69) is 16.9 Å². The van der Waals surface area contributed by atoms with Crippen molar-refractivity contribution < 1.29 is 17.9 Å². The number of rotatable bonds is 2. The van der Waals surface area contributed by atoms with E-state index in [9.17, 15) is 13.2 Å². The zero-order valence-corrected chi connectivity index (χ0v) is 11.3. The van der Waals surface area contributed by atoms with Crippen molar-refractivity contribution >= 4 is 11.6 Å². The van der Waals surface area contributed by atoms with E-state index in [0.717, 1.165) is 6.42 Å². The molecule has 1 aliphatic heterocycles. The third-order valence-corrected chi connectivity index (χ3v) is 3.50. The molecule has 20 heavy (non-hydrogen) atoms. The number of nitrogen functional groups attached to an aromatic ring is 1. The number of nitrogens with zero attached hydrogens (tertiary/aromatic N) is 3. The number of methoxy groups -OCH3 is 1. The van der Waals surface area contributed by atoms with Gasteiger partial charge in [-0.25, -0.2) is 9.97 Å². The molecule has 112 valence electrons. The van der Waals surface area contributed by atoms with Gasteiger partial charge >= 0.3 is 6.18 Å². The van der Waals surface area contributed by atoms with Gasteiger partial charge in [-0.1, -0.05) is 6.92 Å². The molecule has 0 aromatic carbocycles. The maximum Gasteiger partial charge on any atom is 0.451 e. The lowest BCUT2D eigenvalue weighted by Crippen LogP contribution is -2.44. The molecular weight excluding hydrogens is 273 g/mol. The molecule has 0 bridgehead atoms. The molecule has 1 fully saturated rings. The van der Waals surface area contributed by atoms with Crippen LogP contribution >= 0.6 is 0 Å². The summed E-state index contributed by atoms with van der Waals surface area (Å²) < 4.78 is 43.4. The highest BCUT2D eigenvalue weighted by atomic mass is 19.4. The Labute approximate surface area is 114 Å². The van der Waals surface area contributed by atoms with Gasteiger partial charge in [0.15, 0.2) is 0 Å². The molecule has 0 spiro atoms. The first-order chi connectivity index (χ1) is 9.31. The maximum absolute atomic E-state index is 12.7. The van der Waals surface area contributed by atoms with Gasteiger partial charge in [-0.05, 0) is 12.3 Å². The number of ether oxygens (including phenoxy) is 1. The molecule has 1 saturated heterocycles. The minimum atomic E-state index is -4.60. The normalized spacial score (nSPS) is 23.9. The SMILES string of the molecule is COC1CN(c2cc(N)nc(C(F)(F)F)n2)CCC1C. The summed E-state index contributed by atoms with van der Waals surface area (Å²) in [4.78, 5) is 8.57. The lowest BCUT2D eigenvalue weighted by Gasteiger charge is -2.37. The van der Waals surface area contributed by atoms with Crippen LogP contribution in [0, 0.1) is 5.92 Å². The van der Waals surface area contributed by atoms with E-state index in [1.54, 1.807) is 12.0 Å². The fraction of sp³-hybridized carbons (Fsp3) is 0.667. The molecule has 0 aliphatic carbocycles. The van der Waals surface area contributed by atoms with E-state index >= 15 is 0 Å². The first-order valence-corrected chi connectivity index (χ1v) is 6.30. The van der Waals surface area contributed by atoms with Crippen molar-refractivity contribution in [2.75, 3.05) is 30.8 Å². The van der Waals surface area contributed by atoms with Crippen molar-refractivity contribution in [3.05, 3.63) is 11.9 Å². The van der Waals surface area contributed by atoms with E-state index in [-0.39, 0.29) is 17.7 Å². The van der Waals surface area contributed by atoms with Crippen LogP contribution < -0.4 is 10.6 Å². The summed E-state index contributed by atoms with van der Waals surface area (Å²) in [5.74, 6) is -0.841. The Morgan fingerprint density at radius 1 is 1.40 bits per heavy atom. The van der Waals surface area contributed by atoms with Gasteiger partial charge in [0.25, 0.3) is 0 Å². The molecule has 2 unspecified atom stereocenters. The second-order valence-corrected chi connectivity index (χ2v) is 4.96. The maximum atomic E-state index is 12.7. The highest BCUT2D eigenvalue weighted by molar-refractivity contribution is 5.47. The third-order valence-electron chi connectivity index (χ3n) is 3.50. The summed E-state index contributed by atoms with van der Waals surface area (Å²) in [6, 6.07) is 1.36. The molecule has 5 nitrogen and oxygen atoms in total. The highest BCUT2D eigenvalue weighted by Crippen LogP contribution is 2.30. The van der Waals surface area contributed by atoms with E-state index in [4.69, 9.17) is 10.5 Å². The molecule has 1 aliphatic rings. The summed E-state index contributed by atoms with van der Waals surface area (Å²) in [5.41, 5.74) is 5.45. The van der Waals surface area contributed by atoms with Crippen LogP contribution in [0.4, 0.5) is 24.8 Å². The predicted molar refractivity (Wildman–Crippen MR) is 68.2 cm³/mol. The zero-order chi connectivity index (χ0) is 14.9. The van der Waals surface area contributed by atoms with Crippen molar-refractivity contribution in [2.24, 2.45) is 5.92 Å². The summed E-state index contributed by atoms with van der Waals surface area (Å²) in [6.45, 7) is 3.17. The number of piperidine rings is 1. The topological polar surface area (TPSA) is 64.3 Å². The second kappa shape index (κ2) is 5.43. The average molecular weight is 290 g/mol. The van der Waals surface area contributed by atoms with Gasteiger partial charge in [0.05, 0.1) is 6.10 Å². The van der Waals surface area contributed by atoms with Gasteiger partial charge in [0.1, 0.15) is 11.6 Å². The number of aromatic nitrogens is 2. The molecule has 2 heterocycles. The minimum absolute atomic E-state index is 0.0331. The zero-order valence-electron chi connectivity index (χ0n) is 11.3. The van der Waals surface area contributed by atoms with Crippen LogP contribution in [-0.4, -0.2) is 36.3 Å². The van der Waals surface area contributed by atoms with Crippen LogP contribution in [0.15, 0.2) is 6.07 Å². The number of hydrogen-bond acceptors (Lipinski definition) is 5. The Bertz CT molecular complexity index is 480. The number of alkyl halides is 3. The van der Waals surface area contributed by atoms with Crippen molar-refractivity contribution in [1.82, 2.24) is 9.97 Å². The van der Waals surface area contributed by atoms with Gasteiger partial charge in [-0.3, -0.25) is 0 Å². The Morgan fingerprint density at radius 2 is 2.10 bits per heavy atom. The van der Waals surface area contributed by atoms with Crippen LogP contribution in [0.2, 0.25) is 0 Å². The van der Waals surface area contributed by atoms with Crippen molar-refractivity contribution in [2.45, 2.75) is 25.6 Å². The summed E-state index contributed by atoms with van der Waals surface area (Å²) in [7, 11) is 1.60. The largest absolute Gasteiger partial charge is 0.451 e. The highest BCUT2D eigenvalue weighted by Gasteiger charge is 2.36. The van der Waals surface area contributed by atoms with E-state index in [1.165, 1.54) is 6.07 Å².